The summed E-state index contributed by atoms with van der Waals surface area (Å²) in [6, 6.07) is 22.9. The van der Waals surface area contributed by atoms with Crippen molar-refractivity contribution in [3.8, 4) is 0 Å². The van der Waals surface area contributed by atoms with E-state index in [-0.39, 0.29) is 16.6 Å². The molecule has 5 nitrogen and oxygen atoms in total. The van der Waals surface area contributed by atoms with Gasteiger partial charge in [0, 0.05) is 24.1 Å². The molecule has 0 atom stereocenters. The number of carbonyl (C=O) groups is 1. The summed E-state index contributed by atoms with van der Waals surface area (Å²) in [4.78, 5) is 12.2. The van der Waals surface area contributed by atoms with E-state index in [1.807, 2.05) is 36.4 Å². The average Bonchev–Trinajstić information content (AvgIpc) is 3.22. The molecule has 0 bridgehead atoms. The Kier molecular flexibility index (Phi) is 6.28. The summed E-state index contributed by atoms with van der Waals surface area (Å²) in [7, 11) is 0. The molecule has 0 aliphatic carbocycles. The molecule has 8 heteroatoms. The third-order valence-corrected chi connectivity index (χ3v) is 5.43. The van der Waals surface area contributed by atoms with Gasteiger partial charge in [-0.1, -0.05) is 72.0 Å². The Morgan fingerprint density at radius 3 is 1.97 bits per heavy atom. The lowest BCUT2D eigenvalue weighted by Crippen LogP contribution is -2.14. The smallest absolute Gasteiger partial charge is 0.257 e. The zero-order chi connectivity index (χ0) is 21.6. The Labute approximate surface area is 181 Å². The van der Waals surface area contributed by atoms with E-state index in [0.717, 1.165) is 34.6 Å². The maximum Gasteiger partial charge on any atom is 0.257 e. The highest BCUT2D eigenvalue weighted by Gasteiger charge is 2.16. The Morgan fingerprint density at radius 2 is 1.39 bits per heavy atom. The number of amides is 1. The summed E-state index contributed by atoms with van der Waals surface area (Å²) in [6.07, 6.45) is 0. The first-order valence-corrected chi connectivity index (χ1v) is 10.3. The van der Waals surface area contributed by atoms with Gasteiger partial charge in [-0.05, 0) is 23.3 Å². The molecule has 0 spiro atoms. The van der Waals surface area contributed by atoms with Crippen LogP contribution in [0.3, 0.4) is 0 Å². The number of hydrogen-bond donors (Lipinski definition) is 2. The number of carbonyl (C=O) groups excluding carboxylic acids is 1. The third-order valence-electron chi connectivity index (χ3n) is 4.63. The zero-order valence-electron chi connectivity index (χ0n) is 16.3. The molecule has 0 radical (unpaired) electrons. The number of rotatable bonds is 7. The number of nitrogens with zero attached hydrogens (tertiary/aromatic N) is 2. The number of anilines is 2. The maximum absolute atomic E-state index is 13.3. The molecule has 0 aliphatic rings. The zero-order valence-corrected chi connectivity index (χ0v) is 17.1. The molecule has 0 saturated heterocycles. The Hall–Kier alpha value is -3.65. The van der Waals surface area contributed by atoms with E-state index >= 15 is 0 Å². The van der Waals surface area contributed by atoms with Crippen molar-refractivity contribution in [2.75, 3.05) is 17.2 Å². The molecule has 4 aromatic rings. The Morgan fingerprint density at radius 1 is 0.839 bits per heavy atom. The van der Waals surface area contributed by atoms with E-state index in [4.69, 9.17) is 0 Å². The van der Waals surface area contributed by atoms with Crippen molar-refractivity contribution in [2.24, 2.45) is 0 Å². The van der Waals surface area contributed by atoms with Crippen LogP contribution in [0.15, 0.2) is 78.9 Å². The summed E-state index contributed by atoms with van der Waals surface area (Å²) in [5.41, 5.74) is 2.19. The van der Waals surface area contributed by atoms with E-state index < -0.39 is 17.5 Å². The fraction of sp³-hybridized carbons (Fsp3) is 0.0870. The Balaban J connectivity index is 1.44. The van der Waals surface area contributed by atoms with Crippen LogP contribution in [0.4, 0.5) is 19.0 Å². The maximum atomic E-state index is 13.3. The van der Waals surface area contributed by atoms with Crippen LogP contribution in [0, 0.1) is 11.6 Å². The van der Waals surface area contributed by atoms with Crippen LogP contribution in [0.25, 0.3) is 0 Å². The number of nitrogens with one attached hydrogen (secondary N) is 2. The molecule has 4 rings (SSSR count). The lowest BCUT2D eigenvalue weighted by molar-refractivity contribution is 0.102. The third kappa shape index (κ3) is 5.29. The van der Waals surface area contributed by atoms with E-state index in [1.165, 1.54) is 0 Å². The second kappa shape index (κ2) is 9.44. The van der Waals surface area contributed by atoms with Gasteiger partial charge >= 0.3 is 0 Å². The van der Waals surface area contributed by atoms with Gasteiger partial charge in [-0.15, -0.1) is 10.2 Å². The number of halogens is 2. The molecule has 1 aromatic heterocycles. The van der Waals surface area contributed by atoms with E-state index in [0.29, 0.717) is 17.7 Å². The van der Waals surface area contributed by atoms with Crippen LogP contribution in [-0.2, 0) is 0 Å². The molecule has 0 fully saturated rings. The van der Waals surface area contributed by atoms with Crippen molar-refractivity contribution >= 4 is 27.5 Å². The molecule has 1 heterocycles. The van der Waals surface area contributed by atoms with Gasteiger partial charge in [-0.2, -0.15) is 0 Å². The molecular weight excluding hydrogens is 418 g/mol. The van der Waals surface area contributed by atoms with Crippen molar-refractivity contribution in [3.63, 3.8) is 0 Å². The first kappa shape index (κ1) is 20.6. The summed E-state index contributed by atoms with van der Waals surface area (Å²) in [5.74, 6) is -2.21. The van der Waals surface area contributed by atoms with Crippen LogP contribution in [0.5, 0.6) is 0 Å². The van der Waals surface area contributed by atoms with Gasteiger partial charge in [0.2, 0.25) is 10.3 Å². The fourth-order valence-electron chi connectivity index (χ4n) is 3.19. The molecule has 0 aliphatic heterocycles. The van der Waals surface area contributed by atoms with Crippen LogP contribution in [0.2, 0.25) is 0 Å². The predicted octanol–water partition coefficient (Wildman–Crippen LogP) is 5.31. The van der Waals surface area contributed by atoms with Crippen LogP contribution < -0.4 is 10.6 Å². The minimum atomic E-state index is -0.822. The van der Waals surface area contributed by atoms with Crippen LogP contribution in [-0.4, -0.2) is 22.6 Å². The predicted molar refractivity (Wildman–Crippen MR) is 117 cm³/mol. The number of benzene rings is 3. The van der Waals surface area contributed by atoms with E-state index in [2.05, 4.69) is 45.1 Å². The highest BCUT2D eigenvalue weighted by molar-refractivity contribution is 7.19. The highest BCUT2D eigenvalue weighted by atomic mass is 32.1. The molecule has 0 saturated carbocycles. The normalized spacial score (nSPS) is 10.8. The minimum Gasteiger partial charge on any atom is -0.359 e. The average molecular weight is 436 g/mol. The van der Waals surface area contributed by atoms with E-state index in [9.17, 15) is 13.6 Å². The van der Waals surface area contributed by atoms with Gasteiger partial charge in [-0.3, -0.25) is 10.1 Å². The van der Waals surface area contributed by atoms with E-state index in [1.54, 1.807) is 0 Å². The molecule has 2 N–H and O–H groups in total. The lowest BCUT2D eigenvalue weighted by atomic mass is 9.91. The van der Waals surface area contributed by atoms with Gasteiger partial charge in [0.05, 0.1) is 0 Å². The van der Waals surface area contributed by atoms with Crippen molar-refractivity contribution in [1.29, 1.82) is 0 Å². The number of aromatic nitrogens is 2. The van der Waals surface area contributed by atoms with Crippen LogP contribution >= 0.6 is 11.3 Å². The first-order valence-electron chi connectivity index (χ1n) is 9.53. The summed E-state index contributed by atoms with van der Waals surface area (Å²) < 4.78 is 26.7. The van der Waals surface area contributed by atoms with Crippen molar-refractivity contribution < 1.29 is 13.6 Å². The minimum absolute atomic E-state index is 0.0969. The topological polar surface area (TPSA) is 66.9 Å². The summed E-state index contributed by atoms with van der Waals surface area (Å²) in [6.45, 7) is 0.575. The molecular formula is C23H18F2N4OS. The summed E-state index contributed by atoms with van der Waals surface area (Å²) in [5, 5.41) is 14.5. The van der Waals surface area contributed by atoms with Crippen molar-refractivity contribution in [3.05, 3.63) is 107 Å². The quantitative estimate of drug-likeness (QED) is 0.412. The van der Waals surface area contributed by atoms with Gasteiger partial charge in [-0.25, -0.2) is 8.78 Å². The highest BCUT2D eigenvalue weighted by Crippen LogP contribution is 2.27. The molecule has 1 amide bonds. The van der Waals surface area contributed by atoms with Gasteiger partial charge < -0.3 is 5.32 Å². The van der Waals surface area contributed by atoms with Gasteiger partial charge in [0.25, 0.3) is 5.91 Å². The molecule has 31 heavy (non-hydrogen) atoms. The Bertz CT molecular complexity index is 1110. The fourth-order valence-corrected chi connectivity index (χ4v) is 3.83. The largest absolute Gasteiger partial charge is 0.359 e. The van der Waals surface area contributed by atoms with Crippen molar-refractivity contribution in [2.45, 2.75) is 5.92 Å². The van der Waals surface area contributed by atoms with Crippen molar-refractivity contribution in [1.82, 2.24) is 10.2 Å². The SMILES string of the molecule is O=C(Nc1nnc(NCC(c2ccccc2)c2ccccc2)s1)c1cc(F)cc(F)c1. The second-order valence-corrected chi connectivity index (χ2v) is 7.76. The van der Waals surface area contributed by atoms with Gasteiger partial charge in [0.15, 0.2) is 0 Å². The first-order chi connectivity index (χ1) is 15.1. The monoisotopic (exact) mass is 436 g/mol. The molecule has 0 unspecified atom stereocenters. The lowest BCUT2D eigenvalue weighted by Gasteiger charge is -2.18. The molecule has 156 valence electrons. The standard InChI is InChI=1S/C23H18F2N4OS/c24-18-11-17(12-19(25)13-18)21(30)27-23-29-28-22(31-23)26-14-20(15-7-3-1-4-8-15)16-9-5-2-6-10-16/h1-13,20H,14H2,(H,26,28)(H,27,29,30). The molecule has 3 aromatic carbocycles. The van der Waals surface area contributed by atoms with Gasteiger partial charge in [0.1, 0.15) is 11.6 Å². The summed E-state index contributed by atoms with van der Waals surface area (Å²) >= 11 is 1.14. The number of hydrogen-bond acceptors (Lipinski definition) is 5. The second-order valence-electron chi connectivity index (χ2n) is 6.78. The van der Waals surface area contributed by atoms with Crippen LogP contribution in [0.1, 0.15) is 27.4 Å².